The third-order valence-corrected chi connectivity index (χ3v) is 3.02. The number of aliphatic hydroxyl groups is 1. The Morgan fingerprint density at radius 1 is 1.42 bits per heavy atom. The van der Waals surface area contributed by atoms with Crippen molar-refractivity contribution < 1.29 is 10.0 Å². The predicted molar refractivity (Wildman–Crippen MR) is 73.4 cm³/mol. The number of anilines is 1. The van der Waals surface area contributed by atoms with Crippen LogP contribution in [0.25, 0.3) is 10.9 Å². The lowest BCUT2D eigenvalue weighted by Crippen LogP contribution is -2.26. The van der Waals surface area contributed by atoms with Gasteiger partial charge in [-0.05, 0) is 13.0 Å². The molecule has 0 atom stereocenters. The quantitative estimate of drug-likeness (QED) is 0.657. The van der Waals surface area contributed by atoms with Gasteiger partial charge in [-0.2, -0.15) is 0 Å². The fourth-order valence-corrected chi connectivity index (χ4v) is 2.14. The van der Waals surface area contributed by atoms with Crippen LogP contribution in [0.15, 0.2) is 30.5 Å². The number of fused-ring (bicyclic) bond motifs is 1. The Morgan fingerprint density at radius 2 is 2.21 bits per heavy atom. The van der Waals surface area contributed by atoms with Crippen molar-refractivity contribution in [2.45, 2.75) is 6.92 Å². The van der Waals surface area contributed by atoms with Gasteiger partial charge in [-0.15, -0.1) is 0 Å². The number of aromatic nitrogens is 1. The van der Waals surface area contributed by atoms with Gasteiger partial charge in [-0.3, -0.25) is 10.1 Å². The van der Waals surface area contributed by atoms with Crippen LogP contribution in [0.5, 0.6) is 0 Å². The Hall–Kier alpha value is -2.21. The van der Waals surface area contributed by atoms with Crippen molar-refractivity contribution in [2.24, 2.45) is 0 Å². The van der Waals surface area contributed by atoms with Gasteiger partial charge in [0.05, 0.1) is 11.5 Å². The lowest BCUT2D eigenvalue weighted by molar-refractivity contribution is -0.383. The maximum absolute atomic E-state index is 11.0. The smallest absolute Gasteiger partial charge is 0.295 e. The van der Waals surface area contributed by atoms with Crippen LogP contribution in [-0.4, -0.2) is 34.7 Å². The zero-order valence-electron chi connectivity index (χ0n) is 10.6. The van der Waals surface area contributed by atoms with Gasteiger partial charge in [-0.25, -0.2) is 4.98 Å². The second-order valence-electron chi connectivity index (χ2n) is 4.06. The monoisotopic (exact) mass is 261 g/mol. The van der Waals surface area contributed by atoms with E-state index in [2.05, 4.69) is 4.98 Å². The molecule has 0 saturated heterocycles. The largest absolute Gasteiger partial charge is 0.395 e. The van der Waals surface area contributed by atoms with Crippen molar-refractivity contribution in [2.75, 3.05) is 24.6 Å². The Bertz CT molecular complexity index is 601. The summed E-state index contributed by atoms with van der Waals surface area (Å²) in [7, 11) is 0. The fraction of sp³-hybridized carbons (Fsp3) is 0.308. The average molecular weight is 261 g/mol. The van der Waals surface area contributed by atoms with Crippen LogP contribution in [-0.2, 0) is 0 Å². The molecule has 1 heterocycles. The summed E-state index contributed by atoms with van der Waals surface area (Å²) in [6, 6.07) is 6.72. The molecule has 0 unspecified atom stereocenters. The molecule has 6 nitrogen and oxygen atoms in total. The van der Waals surface area contributed by atoms with Gasteiger partial charge in [0.2, 0.25) is 0 Å². The summed E-state index contributed by atoms with van der Waals surface area (Å²) >= 11 is 0. The highest BCUT2D eigenvalue weighted by atomic mass is 16.6. The summed E-state index contributed by atoms with van der Waals surface area (Å²) in [5.74, 6) is 0. The van der Waals surface area contributed by atoms with E-state index in [0.29, 0.717) is 18.6 Å². The van der Waals surface area contributed by atoms with E-state index in [1.165, 1.54) is 6.07 Å². The summed E-state index contributed by atoms with van der Waals surface area (Å²) in [4.78, 5) is 16.6. The van der Waals surface area contributed by atoms with E-state index in [9.17, 15) is 10.1 Å². The molecule has 1 N–H and O–H groups in total. The van der Waals surface area contributed by atoms with Gasteiger partial charge in [-0.1, -0.05) is 12.1 Å². The van der Waals surface area contributed by atoms with Crippen LogP contribution in [0.3, 0.4) is 0 Å². The van der Waals surface area contributed by atoms with Crippen molar-refractivity contribution in [3.8, 4) is 0 Å². The highest BCUT2D eigenvalue weighted by Crippen LogP contribution is 2.30. The summed E-state index contributed by atoms with van der Waals surface area (Å²) < 4.78 is 0. The number of nitro groups is 1. The molecular formula is C13H15N3O3. The SMILES string of the molecule is CCN(CCO)c1ccnc2c([N+](=O)[O-])cccc12. The lowest BCUT2D eigenvalue weighted by Gasteiger charge is -2.23. The normalized spacial score (nSPS) is 10.6. The molecule has 0 fully saturated rings. The first-order valence-corrected chi connectivity index (χ1v) is 6.07. The molecule has 1 aromatic heterocycles. The number of aliphatic hydroxyl groups excluding tert-OH is 1. The minimum atomic E-state index is -0.429. The summed E-state index contributed by atoms with van der Waals surface area (Å²) in [6.07, 6.45) is 1.56. The second kappa shape index (κ2) is 5.62. The molecular weight excluding hydrogens is 246 g/mol. The Balaban J connectivity index is 2.63. The number of rotatable bonds is 5. The van der Waals surface area contributed by atoms with E-state index < -0.39 is 4.92 Å². The van der Waals surface area contributed by atoms with E-state index in [4.69, 9.17) is 5.11 Å². The number of hydrogen-bond donors (Lipinski definition) is 1. The molecule has 19 heavy (non-hydrogen) atoms. The molecule has 2 aromatic rings. The summed E-state index contributed by atoms with van der Waals surface area (Å²) in [6.45, 7) is 3.20. The Kier molecular flexibility index (Phi) is 3.91. The van der Waals surface area contributed by atoms with Crippen molar-refractivity contribution in [3.63, 3.8) is 0 Å². The summed E-state index contributed by atoms with van der Waals surface area (Å²) in [5, 5.41) is 20.8. The molecule has 0 spiro atoms. The Morgan fingerprint density at radius 3 is 2.84 bits per heavy atom. The molecule has 0 amide bonds. The third-order valence-electron chi connectivity index (χ3n) is 3.02. The van der Waals surface area contributed by atoms with Gasteiger partial charge in [0, 0.05) is 36.4 Å². The molecule has 0 saturated carbocycles. The molecule has 2 rings (SSSR count). The number of pyridine rings is 1. The van der Waals surface area contributed by atoms with Gasteiger partial charge in [0.15, 0.2) is 0 Å². The van der Waals surface area contributed by atoms with E-state index >= 15 is 0 Å². The van der Waals surface area contributed by atoms with Crippen LogP contribution in [0, 0.1) is 10.1 Å². The number of nitro benzene ring substituents is 1. The lowest BCUT2D eigenvalue weighted by atomic mass is 10.1. The van der Waals surface area contributed by atoms with Crippen LogP contribution in [0.2, 0.25) is 0 Å². The van der Waals surface area contributed by atoms with E-state index in [-0.39, 0.29) is 12.3 Å². The van der Waals surface area contributed by atoms with Crippen molar-refractivity contribution >= 4 is 22.3 Å². The first-order valence-electron chi connectivity index (χ1n) is 6.07. The minimum Gasteiger partial charge on any atom is -0.395 e. The number of benzene rings is 1. The van der Waals surface area contributed by atoms with Crippen molar-refractivity contribution in [1.29, 1.82) is 0 Å². The molecule has 1 aromatic carbocycles. The van der Waals surface area contributed by atoms with Gasteiger partial charge in [0.1, 0.15) is 5.52 Å². The molecule has 0 aliphatic heterocycles. The highest BCUT2D eigenvalue weighted by Gasteiger charge is 2.16. The third kappa shape index (κ3) is 2.48. The van der Waals surface area contributed by atoms with Crippen molar-refractivity contribution in [3.05, 3.63) is 40.6 Å². The van der Waals surface area contributed by atoms with Gasteiger partial charge in [0.25, 0.3) is 5.69 Å². The first-order chi connectivity index (χ1) is 9.19. The molecule has 100 valence electrons. The minimum absolute atomic E-state index is 0.000554. The molecule has 0 bridgehead atoms. The number of nitrogens with zero attached hydrogens (tertiary/aromatic N) is 3. The fourth-order valence-electron chi connectivity index (χ4n) is 2.14. The number of non-ortho nitro benzene ring substituents is 1. The first kappa shape index (κ1) is 13.2. The van der Waals surface area contributed by atoms with Crippen LogP contribution in [0.1, 0.15) is 6.92 Å². The zero-order valence-corrected chi connectivity index (χ0v) is 10.6. The Labute approximate surface area is 110 Å². The maximum atomic E-state index is 11.0. The highest BCUT2D eigenvalue weighted by molar-refractivity contribution is 5.96. The second-order valence-corrected chi connectivity index (χ2v) is 4.06. The standard InChI is InChI=1S/C13H15N3O3/c1-2-15(8-9-17)11-6-7-14-13-10(11)4-3-5-12(13)16(18)19/h3-7,17H,2,8-9H2,1H3. The van der Waals surface area contributed by atoms with Crippen LogP contribution >= 0.6 is 0 Å². The molecule has 6 heteroatoms. The van der Waals surface area contributed by atoms with Gasteiger partial charge >= 0.3 is 0 Å². The number of likely N-dealkylation sites (N-methyl/N-ethyl adjacent to an activating group) is 1. The maximum Gasteiger partial charge on any atom is 0.295 e. The average Bonchev–Trinajstić information content (AvgIpc) is 2.43. The van der Waals surface area contributed by atoms with Crippen LogP contribution < -0.4 is 4.90 Å². The van der Waals surface area contributed by atoms with E-state index in [1.807, 2.05) is 24.0 Å². The van der Waals surface area contributed by atoms with Crippen molar-refractivity contribution in [1.82, 2.24) is 4.98 Å². The number of para-hydroxylation sites is 1. The molecule has 0 radical (unpaired) electrons. The van der Waals surface area contributed by atoms with E-state index in [0.717, 1.165) is 11.1 Å². The molecule has 0 aliphatic rings. The van der Waals surface area contributed by atoms with E-state index in [1.54, 1.807) is 12.3 Å². The van der Waals surface area contributed by atoms with Gasteiger partial charge < -0.3 is 10.0 Å². The molecule has 0 aliphatic carbocycles. The van der Waals surface area contributed by atoms with Crippen LogP contribution in [0.4, 0.5) is 11.4 Å². The predicted octanol–water partition coefficient (Wildman–Crippen LogP) is 1.96. The zero-order chi connectivity index (χ0) is 13.8. The summed E-state index contributed by atoms with van der Waals surface area (Å²) in [5.41, 5.74) is 1.23. The number of hydrogen-bond acceptors (Lipinski definition) is 5. The topological polar surface area (TPSA) is 79.5 Å².